The van der Waals surface area contributed by atoms with Crippen LogP contribution in [0.4, 0.5) is 5.82 Å². The van der Waals surface area contributed by atoms with Gasteiger partial charge in [-0.2, -0.15) is 10.2 Å². The Kier molecular flexibility index (Phi) is 7.82. The molecule has 0 bridgehead atoms. The fourth-order valence-electron chi connectivity index (χ4n) is 4.52. The highest BCUT2D eigenvalue weighted by Gasteiger charge is 2.20. The largest absolute Gasteiger partial charge is 0.497 e. The van der Waals surface area contributed by atoms with Gasteiger partial charge in [0.2, 0.25) is 0 Å². The molecule has 8 heteroatoms. The molecule has 5 aromatic rings. The maximum absolute atomic E-state index is 5.37. The first-order valence-corrected chi connectivity index (χ1v) is 12.7. The molecular formula is C31H33N5O3. The summed E-state index contributed by atoms with van der Waals surface area (Å²) in [6.45, 7) is 1.97. The highest BCUT2D eigenvalue weighted by atomic mass is 16.5. The monoisotopic (exact) mass is 523 g/mol. The second kappa shape index (κ2) is 11.8. The van der Waals surface area contributed by atoms with Gasteiger partial charge >= 0.3 is 0 Å². The topological polar surface area (TPSA) is 66.6 Å². The summed E-state index contributed by atoms with van der Waals surface area (Å²) in [6.07, 6.45) is 6.01. The number of hydrogen-bond acceptors (Lipinski definition) is 6. The number of methoxy groups -OCH3 is 3. The van der Waals surface area contributed by atoms with E-state index in [2.05, 4.69) is 52.6 Å². The van der Waals surface area contributed by atoms with Gasteiger partial charge in [-0.05, 0) is 53.1 Å². The molecule has 0 aliphatic heterocycles. The minimum Gasteiger partial charge on any atom is -0.497 e. The van der Waals surface area contributed by atoms with Gasteiger partial charge in [-0.15, -0.1) is 0 Å². The van der Waals surface area contributed by atoms with Crippen LogP contribution in [-0.2, 0) is 26.7 Å². The van der Waals surface area contributed by atoms with E-state index >= 15 is 0 Å². The normalized spacial score (nSPS) is 10.9. The van der Waals surface area contributed by atoms with Gasteiger partial charge in [-0.3, -0.25) is 9.36 Å². The number of nitrogens with zero attached hydrogens (tertiary/aromatic N) is 5. The van der Waals surface area contributed by atoms with Gasteiger partial charge in [0.05, 0.1) is 34.1 Å². The summed E-state index contributed by atoms with van der Waals surface area (Å²) in [5.74, 6) is 3.39. The number of aryl methyl sites for hydroxylation is 1. The molecule has 0 spiro atoms. The Labute approximate surface area is 229 Å². The molecule has 0 saturated carbocycles. The Bertz CT molecular complexity index is 1440. The summed E-state index contributed by atoms with van der Waals surface area (Å²) in [5.41, 5.74) is 5.50. The van der Waals surface area contributed by atoms with Crippen molar-refractivity contribution >= 4 is 5.82 Å². The second-order valence-corrected chi connectivity index (χ2v) is 9.37. The third kappa shape index (κ3) is 6.23. The van der Waals surface area contributed by atoms with Crippen LogP contribution in [0, 0.1) is 0 Å². The maximum atomic E-state index is 5.37. The number of benzene rings is 3. The second-order valence-electron chi connectivity index (χ2n) is 9.37. The van der Waals surface area contributed by atoms with Crippen molar-refractivity contribution in [2.24, 2.45) is 7.05 Å². The highest BCUT2D eigenvalue weighted by Crippen LogP contribution is 2.32. The number of anilines is 1. The maximum Gasteiger partial charge on any atom is 0.159 e. The van der Waals surface area contributed by atoms with Gasteiger partial charge in [0.1, 0.15) is 17.2 Å². The third-order valence-electron chi connectivity index (χ3n) is 6.63. The Balaban J connectivity index is 1.53. The molecule has 0 aliphatic rings. The van der Waals surface area contributed by atoms with E-state index in [4.69, 9.17) is 19.3 Å². The summed E-state index contributed by atoms with van der Waals surface area (Å²) < 4.78 is 19.9. The number of aromatic nitrogens is 4. The van der Waals surface area contributed by atoms with E-state index in [0.717, 1.165) is 50.9 Å². The summed E-state index contributed by atoms with van der Waals surface area (Å²) in [7, 11) is 6.97. The summed E-state index contributed by atoms with van der Waals surface area (Å²) in [4.78, 5) is 2.30. The Hall–Kier alpha value is -4.72. The van der Waals surface area contributed by atoms with Gasteiger partial charge in [0.25, 0.3) is 0 Å². The van der Waals surface area contributed by atoms with Gasteiger partial charge in [-0.1, -0.05) is 36.4 Å². The van der Waals surface area contributed by atoms with E-state index < -0.39 is 0 Å². The molecule has 0 aliphatic carbocycles. The zero-order valence-corrected chi connectivity index (χ0v) is 22.7. The smallest absolute Gasteiger partial charge is 0.159 e. The average molecular weight is 524 g/mol. The number of hydrogen-bond donors (Lipinski definition) is 0. The van der Waals surface area contributed by atoms with Crippen molar-refractivity contribution in [1.82, 2.24) is 19.6 Å². The fourth-order valence-corrected chi connectivity index (χ4v) is 4.52. The van der Waals surface area contributed by atoms with Crippen molar-refractivity contribution in [1.29, 1.82) is 0 Å². The Morgan fingerprint density at radius 1 is 0.667 bits per heavy atom. The number of rotatable bonds is 11. The molecule has 0 unspecified atom stereocenters. The average Bonchev–Trinajstić information content (AvgIpc) is 3.60. The lowest BCUT2D eigenvalue weighted by molar-refractivity contribution is 0.414. The summed E-state index contributed by atoms with van der Waals surface area (Å²) >= 11 is 0. The Morgan fingerprint density at radius 3 is 1.59 bits per heavy atom. The van der Waals surface area contributed by atoms with Crippen molar-refractivity contribution in [3.63, 3.8) is 0 Å². The molecule has 39 heavy (non-hydrogen) atoms. The Morgan fingerprint density at radius 2 is 1.15 bits per heavy atom. The number of ether oxygens (including phenoxy) is 3. The van der Waals surface area contributed by atoms with Crippen LogP contribution in [0.15, 0.2) is 91.4 Å². The van der Waals surface area contributed by atoms with Crippen LogP contribution in [-0.4, -0.2) is 40.9 Å². The van der Waals surface area contributed by atoms with E-state index in [1.54, 1.807) is 21.3 Å². The molecule has 0 fully saturated rings. The minimum absolute atomic E-state index is 0.635. The molecule has 5 rings (SSSR count). The lowest BCUT2D eigenvalue weighted by Crippen LogP contribution is -2.23. The quantitative estimate of drug-likeness (QED) is 0.226. The van der Waals surface area contributed by atoms with E-state index in [1.165, 1.54) is 0 Å². The van der Waals surface area contributed by atoms with Crippen LogP contribution < -0.4 is 19.1 Å². The van der Waals surface area contributed by atoms with Gasteiger partial charge in [0.15, 0.2) is 5.82 Å². The molecule has 200 valence electrons. The fraction of sp³-hybridized carbons (Fsp3) is 0.226. The van der Waals surface area contributed by atoms with Crippen molar-refractivity contribution in [3.05, 3.63) is 108 Å². The van der Waals surface area contributed by atoms with Crippen LogP contribution in [0.1, 0.15) is 16.7 Å². The van der Waals surface area contributed by atoms with Crippen LogP contribution in [0.3, 0.4) is 0 Å². The van der Waals surface area contributed by atoms with E-state index in [9.17, 15) is 0 Å². The first kappa shape index (κ1) is 25.9. The zero-order valence-electron chi connectivity index (χ0n) is 22.7. The zero-order chi connectivity index (χ0) is 27.2. The van der Waals surface area contributed by atoms with Crippen molar-refractivity contribution in [3.8, 4) is 28.4 Å². The first-order valence-electron chi connectivity index (χ1n) is 12.7. The summed E-state index contributed by atoms with van der Waals surface area (Å²) in [6, 6.07) is 24.4. The molecule has 0 radical (unpaired) electrons. The van der Waals surface area contributed by atoms with Crippen molar-refractivity contribution in [2.45, 2.75) is 19.6 Å². The van der Waals surface area contributed by atoms with E-state index in [-0.39, 0.29) is 0 Å². The standard InChI is InChI=1S/C31H33N5O3/c1-34-21-26(17-32-34)30-22-36(20-25-9-15-29(39-4)16-10-25)33-31(30)35(18-23-5-11-27(37-2)12-6-23)19-24-7-13-28(38-3)14-8-24/h5-17,21-22H,18-20H2,1-4H3. The molecule has 0 amide bonds. The predicted molar refractivity (Wildman–Crippen MR) is 152 cm³/mol. The molecular weight excluding hydrogens is 490 g/mol. The van der Waals surface area contributed by atoms with Crippen LogP contribution in [0.5, 0.6) is 17.2 Å². The van der Waals surface area contributed by atoms with Crippen LogP contribution in [0.25, 0.3) is 11.1 Å². The molecule has 0 atom stereocenters. The van der Waals surface area contributed by atoms with Crippen molar-refractivity contribution < 1.29 is 14.2 Å². The highest BCUT2D eigenvalue weighted by molar-refractivity contribution is 5.75. The molecule has 2 aromatic heterocycles. The van der Waals surface area contributed by atoms with Crippen LogP contribution in [0.2, 0.25) is 0 Å². The molecule has 0 saturated heterocycles. The summed E-state index contributed by atoms with van der Waals surface area (Å²) in [5, 5.41) is 9.55. The lowest BCUT2D eigenvalue weighted by atomic mass is 10.1. The van der Waals surface area contributed by atoms with Gasteiger partial charge in [0, 0.05) is 43.7 Å². The van der Waals surface area contributed by atoms with E-state index in [0.29, 0.717) is 19.6 Å². The molecule has 2 heterocycles. The SMILES string of the molecule is COc1ccc(CN(Cc2ccc(OC)cc2)c2nn(Cc3ccc(OC)cc3)cc2-c2cnn(C)c2)cc1. The minimum atomic E-state index is 0.635. The van der Waals surface area contributed by atoms with E-state index in [1.807, 2.05) is 65.2 Å². The third-order valence-corrected chi connectivity index (χ3v) is 6.63. The molecule has 8 nitrogen and oxygen atoms in total. The van der Waals surface area contributed by atoms with Crippen molar-refractivity contribution in [2.75, 3.05) is 26.2 Å². The van der Waals surface area contributed by atoms with Gasteiger partial charge < -0.3 is 19.1 Å². The van der Waals surface area contributed by atoms with Crippen LogP contribution >= 0.6 is 0 Å². The molecule has 3 aromatic carbocycles. The predicted octanol–water partition coefficient (Wildman–Crippen LogP) is 5.56. The lowest BCUT2D eigenvalue weighted by Gasteiger charge is -2.24. The first-order chi connectivity index (χ1) is 19.0. The van der Waals surface area contributed by atoms with Gasteiger partial charge in [-0.25, -0.2) is 0 Å². The molecule has 0 N–H and O–H groups in total.